The van der Waals surface area contributed by atoms with Crippen LogP contribution in [0.5, 0.6) is 0 Å². The van der Waals surface area contributed by atoms with Crippen LogP contribution in [0.2, 0.25) is 5.02 Å². The minimum atomic E-state index is -3.94. The van der Waals surface area contributed by atoms with Gasteiger partial charge in [-0.2, -0.15) is 0 Å². The van der Waals surface area contributed by atoms with Crippen LogP contribution in [0.25, 0.3) is 0 Å². The van der Waals surface area contributed by atoms with Crippen LogP contribution >= 0.6 is 22.3 Å². The third-order valence-electron chi connectivity index (χ3n) is 2.61. The summed E-state index contributed by atoms with van der Waals surface area (Å²) in [5, 5.41) is 2.85. The van der Waals surface area contributed by atoms with E-state index in [9.17, 15) is 13.2 Å². The highest BCUT2D eigenvalue weighted by molar-refractivity contribution is 8.13. The molecule has 5 nitrogen and oxygen atoms in total. The van der Waals surface area contributed by atoms with Crippen LogP contribution in [0.1, 0.15) is 23.7 Å². The Morgan fingerprint density at radius 2 is 2.05 bits per heavy atom. The summed E-state index contributed by atoms with van der Waals surface area (Å²) in [7, 11) is 2.84. The maximum Gasteiger partial charge on any atom is 0.261 e. The minimum Gasteiger partial charge on any atom is -0.383 e. The molecule has 0 bridgehead atoms. The molecule has 1 amide bonds. The van der Waals surface area contributed by atoms with Gasteiger partial charge < -0.3 is 10.1 Å². The first kappa shape index (κ1) is 17.2. The van der Waals surface area contributed by atoms with Gasteiger partial charge in [-0.1, -0.05) is 18.5 Å². The third-order valence-corrected chi connectivity index (χ3v) is 4.16. The number of carbonyl (C=O) groups excluding carboxylic acids is 1. The van der Waals surface area contributed by atoms with Crippen molar-refractivity contribution in [1.82, 2.24) is 5.32 Å². The molecule has 0 radical (unpaired) electrons. The predicted molar refractivity (Wildman–Crippen MR) is 77.9 cm³/mol. The highest BCUT2D eigenvalue weighted by Gasteiger charge is 2.17. The van der Waals surface area contributed by atoms with Crippen LogP contribution in [0.3, 0.4) is 0 Å². The Hall–Kier alpha value is -0.820. The lowest BCUT2D eigenvalue weighted by molar-refractivity contribution is 0.0894. The van der Waals surface area contributed by atoms with Gasteiger partial charge in [0.1, 0.15) is 0 Å². The quantitative estimate of drug-likeness (QED) is 0.808. The molecule has 0 aliphatic heterocycles. The molecule has 1 aromatic carbocycles. The van der Waals surface area contributed by atoms with Crippen molar-refractivity contribution in [3.8, 4) is 0 Å². The fraction of sp³-hybridized carbons (Fsp3) is 0.417. The second-order valence-electron chi connectivity index (χ2n) is 4.15. The average Bonchev–Trinajstić information content (AvgIpc) is 2.36. The first-order chi connectivity index (χ1) is 9.27. The standard InChI is InChI=1S/C12H15Cl2NO4S/c1-3-10(7-19-2)15-12(16)8-4-9(13)6-11(5-8)20(14,17)18/h4-6,10H,3,7H2,1-2H3,(H,15,16). The zero-order chi connectivity index (χ0) is 15.3. The van der Waals surface area contributed by atoms with Crippen LogP contribution in [-0.2, 0) is 13.8 Å². The molecule has 0 aromatic heterocycles. The lowest BCUT2D eigenvalue weighted by Crippen LogP contribution is -2.37. The van der Waals surface area contributed by atoms with Crippen molar-refractivity contribution in [3.63, 3.8) is 0 Å². The molecule has 0 heterocycles. The van der Waals surface area contributed by atoms with Crippen LogP contribution in [0.4, 0.5) is 0 Å². The van der Waals surface area contributed by atoms with E-state index in [0.29, 0.717) is 13.0 Å². The van der Waals surface area contributed by atoms with E-state index in [-0.39, 0.29) is 21.5 Å². The second kappa shape index (κ2) is 7.26. The first-order valence-corrected chi connectivity index (χ1v) is 8.51. The zero-order valence-electron chi connectivity index (χ0n) is 11.0. The molecular weight excluding hydrogens is 325 g/mol. The molecule has 0 saturated carbocycles. The number of hydrogen-bond donors (Lipinski definition) is 1. The fourth-order valence-corrected chi connectivity index (χ4v) is 2.67. The summed E-state index contributed by atoms with van der Waals surface area (Å²) in [5.74, 6) is -0.432. The highest BCUT2D eigenvalue weighted by atomic mass is 35.7. The Morgan fingerprint density at radius 1 is 1.40 bits per heavy atom. The van der Waals surface area contributed by atoms with E-state index < -0.39 is 15.0 Å². The van der Waals surface area contributed by atoms with Gasteiger partial charge in [0.2, 0.25) is 0 Å². The van der Waals surface area contributed by atoms with E-state index in [4.69, 9.17) is 27.0 Å². The van der Waals surface area contributed by atoms with E-state index in [1.54, 1.807) is 0 Å². The van der Waals surface area contributed by atoms with Gasteiger partial charge in [-0.25, -0.2) is 8.42 Å². The molecule has 0 aliphatic rings. The normalized spacial score (nSPS) is 13.0. The molecule has 1 rings (SSSR count). The van der Waals surface area contributed by atoms with Gasteiger partial charge in [-0.05, 0) is 24.6 Å². The molecule has 0 aliphatic carbocycles. The van der Waals surface area contributed by atoms with Crippen LogP contribution in [-0.4, -0.2) is 34.1 Å². The Morgan fingerprint density at radius 3 is 2.55 bits per heavy atom. The molecule has 1 N–H and O–H groups in total. The van der Waals surface area contributed by atoms with Gasteiger partial charge in [0, 0.05) is 28.4 Å². The minimum absolute atomic E-state index is 0.122. The van der Waals surface area contributed by atoms with Crippen molar-refractivity contribution >= 4 is 37.2 Å². The van der Waals surface area contributed by atoms with Crippen LogP contribution < -0.4 is 5.32 Å². The summed E-state index contributed by atoms with van der Waals surface area (Å²) in [5.41, 5.74) is 0.131. The molecule has 1 unspecified atom stereocenters. The Labute approximate surface area is 127 Å². The van der Waals surface area contributed by atoms with Gasteiger partial charge in [0.15, 0.2) is 0 Å². The summed E-state index contributed by atoms with van der Waals surface area (Å²) in [6.07, 6.45) is 0.681. The largest absolute Gasteiger partial charge is 0.383 e. The number of methoxy groups -OCH3 is 1. The van der Waals surface area contributed by atoms with Gasteiger partial charge in [0.25, 0.3) is 15.0 Å². The monoisotopic (exact) mass is 339 g/mol. The number of amides is 1. The van der Waals surface area contributed by atoms with Crippen molar-refractivity contribution in [1.29, 1.82) is 0 Å². The highest BCUT2D eigenvalue weighted by Crippen LogP contribution is 2.22. The van der Waals surface area contributed by atoms with Crippen molar-refractivity contribution < 1.29 is 17.9 Å². The summed E-state index contributed by atoms with van der Waals surface area (Å²) in [4.78, 5) is 11.8. The lowest BCUT2D eigenvalue weighted by atomic mass is 10.2. The van der Waals surface area contributed by atoms with Crippen molar-refractivity contribution in [3.05, 3.63) is 28.8 Å². The summed E-state index contributed by atoms with van der Waals surface area (Å²) < 4.78 is 27.6. The van der Waals surface area contributed by atoms with Gasteiger partial charge in [0.05, 0.1) is 17.5 Å². The van der Waals surface area contributed by atoms with Crippen LogP contribution in [0, 0.1) is 0 Å². The lowest BCUT2D eigenvalue weighted by Gasteiger charge is -2.16. The molecule has 0 spiro atoms. The number of hydrogen-bond acceptors (Lipinski definition) is 4. The fourth-order valence-electron chi connectivity index (χ4n) is 1.57. The Kier molecular flexibility index (Phi) is 6.26. The van der Waals surface area contributed by atoms with Gasteiger partial charge in [-0.3, -0.25) is 4.79 Å². The molecule has 20 heavy (non-hydrogen) atoms. The number of benzene rings is 1. The van der Waals surface area contributed by atoms with Crippen molar-refractivity contribution in [2.45, 2.75) is 24.3 Å². The summed E-state index contributed by atoms with van der Waals surface area (Å²) in [6, 6.07) is 3.58. The van der Waals surface area contributed by atoms with E-state index in [0.717, 1.165) is 0 Å². The SMILES string of the molecule is CCC(COC)NC(=O)c1cc(Cl)cc(S(=O)(=O)Cl)c1. The topological polar surface area (TPSA) is 72.5 Å². The number of halogens is 2. The van der Waals surface area contributed by atoms with E-state index in [2.05, 4.69) is 5.32 Å². The Bertz CT molecular complexity index is 589. The molecule has 1 atom stereocenters. The molecule has 0 fully saturated rings. The van der Waals surface area contributed by atoms with Gasteiger partial charge in [-0.15, -0.1) is 0 Å². The maximum atomic E-state index is 12.1. The zero-order valence-corrected chi connectivity index (χ0v) is 13.3. The number of rotatable bonds is 6. The third kappa shape index (κ3) is 4.94. The smallest absolute Gasteiger partial charge is 0.261 e. The first-order valence-electron chi connectivity index (χ1n) is 5.83. The van der Waals surface area contributed by atoms with E-state index in [1.165, 1.54) is 25.3 Å². The molecular formula is C12H15Cl2NO4S. The molecule has 8 heteroatoms. The van der Waals surface area contributed by atoms with Gasteiger partial charge >= 0.3 is 0 Å². The predicted octanol–water partition coefficient (Wildman–Crippen LogP) is 2.42. The summed E-state index contributed by atoms with van der Waals surface area (Å²) in [6.45, 7) is 2.26. The molecule has 1 aromatic rings. The summed E-state index contributed by atoms with van der Waals surface area (Å²) >= 11 is 5.80. The molecule has 0 saturated heterocycles. The van der Waals surface area contributed by atoms with Crippen molar-refractivity contribution in [2.24, 2.45) is 0 Å². The maximum absolute atomic E-state index is 12.1. The Balaban J connectivity index is 3.02. The van der Waals surface area contributed by atoms with E-state index >= 15 is 0 Å². The van der Waals surface area contributed by atoms with Crippen LogP contribution in [0.15, 0.2) is 23.1 Å². The molecule has 112 valence electrons. The van der Waals surface area contributed by atoms with Crippen molar-refractivity contribution in [2.75, 3.05) is 13.7 Å². The number of nitrogens with one attached hydrogen (secondary N) is 1. The average molecular weight is 340 g/mol. The van der Waals surface area contributed by atoms with E-state index in [1.807, 2.05) is 6.92 Å². The second-order valence-corrected chi connectivity index (χ2v) is 7.15. The number of carbonyl (C=O) groups is 1. The number of ether oxygens (including phenoxy) is 1.